The maximum atomic E-state index is 8.52. The molecule has 0 aromatic rings. The Bertz CT molecular complexity index is 73.7. The van der Waals surface area contributed by atoms with Gasteiger partial charge in [-0.05, 0) is 0 Å². The summed E-state index contributed by atoms with van der Waals surface area (Å²) in [5, 5.41) is 0. The van der Waals surface area contributed by atoms with Crippen molar-refractivity contribution in [2.75, 3.05) is 0 Å². The first-order chi connectivity index (χ1) is 3.46. The number of hydrogen-bond acceptors (Lipinski definition) is 6. The molecule has 0 aliphatic heterocycles. The van der Waals surface area contributed by atoms with Gasteiger partial charge in [0, 0.05) is 18.3 Å². The van der Waals surface area contributed by atoms with Crippen LogP contribution in [0.15, 0.2) is 0 Å². The van der Waals surface area contributed by atoms with Crippen molar-refractivity contribution >= 4 is 56.1 Å². The van der Waals surface area contributed by atoms with Crippen molar-refractivity contribution in [3.8, 4) is 0 Å². The summed E-state index contributed by atoms with van der Waals surface area (Å²) in [6, 6.07) is 0. The number of rotatable bonds is 0. The molecule has 0 rings (SSSR count). The Balaban J connectivity index is -0.0000000300. The molecule has 6 nitrogen and oxygen atoms in total. The molecule has 0 aliphatic carbocycles. The Labute approximate surface area is 102 Å². The van der Waals surface area contributed by atoms with Gasteiger partial charge in [0.2, 0.25) is 0 Å². The van der Waals surface area contributed by atoms with E-state index >= 15 is 0 Å². The fourth-order valence-corrected chi connectivity index (χ4v) is 0. The van der Waals surface area contributed by atoms with Gasteiger partial charge in [0.05, 0.1) is 0 Å². The van der Waals surface area contributed by atoms with E-state index in [1.54, 1.807) is 0 Å². The van der Waals surface area contributed by atoms with Crippen LogP contribution in [0.4, 0.5) is 0 Å². The molecule has 0 bridgehead atoms. The monoisotopic (exact) mass is 256 g/mol. The number of hydrogen-bond donors (Lipinski definition) is 0. The Morgan fingerprint density at radius 1 is 0.800 bits per heavy atom. The fourth-order valence-electron chi connectivity index (χ4n) is 0. The molecule has 0 heterocycles. The van der Waals surface area contributed by atoms with E-state index in [9.17, 15) is 0 Å². The van der Waals surface area contributed by atoms with Crippen LogP contribution in [0, 0.1) is 0 Å². The quantitative estimate of drug-likeness (QED) is 0.397. The Morgan fingerprint density at radius 2 is 0.800 bits per heavy atom. The minimum absolute atomic E-state index is 0. The molecular weight excluding hydrogens is 258 g/mol. The van der Waals surface area contributed by atoms with E-state index in [2.05, 4.69) is 0 Å². The van der Waals surface area contributed by atoms with Crippen molar-refractivity contribution < 1.29 is 47.6 Å². The summed E-state index contributed by atoms with van der Waals surface area (Å²) in [6.45, 7) is 0. The molecule has 0 saturated carbocycles. The first-order valence-corrected chi connectivity index (χ1v) is 3.67. The van der Waals surface area contributed by atoms with E-state index in [1.165, 1.54) is 0 Å². The third-order valence-electron chi connectivity index (χ3n) is 0. The summed E-state index contributed by atoms with van der Waals surface area (Å²) >= 11 is 0. The van der Waals surface area contributed by atoms with Crippen molar-refractivity contribution in [1.29, 1.82) is 0 Å². The third kappa shape index (κ3) is 482. The van der Waals surface area contributed by atoms with Crippen LogP contribution in [0.25, 0.3) is 0 Å². The van der Waals surface area contributed by atoms with E-state index in [1.807, 2.05) is 0 Å². The molecule has 0 radical (unpaired) electrons. The first kappa shape index (κ1) is 22.5. The Morgan fingerprint density at radius 3 is 0.800 bits per heavy atom. The zero-order chi connectivity index (χ0) is 7.15. The molecule has 0 amide bonds. The zero-order valence-electron chi connectivity index (χ0n) is 4.86. The van der Waals surface area contributed by atoms with Crippen LogP contribution in [0.3, 0.4) is 0 Å². The van der Waals surface area contributed by atoms with E-state index in [0.717, 1.165) is 0 Å². The molecule has 0 saturated heterocycles. The maximum Gasteiger partial charge on any atom is 2.00 e. The van der Waals surface area contributed by atoms with Crippen LogP contribution >= 0.6 is 0 Å². The fraction of sp³-hybridized carbons (Fsp3) is 0. The third-order valence-corrected chi connectivity index (χ3v) is 0. The van der Waals surface area contributed by atoms with E-state index in [4.69, 9.17) is 28.1 Å². The molecule has 10 heavy (non-hydrogen) atoms. The van der Waals surface area contributed by atoms with Crippen LogP contribution in [-0.2, 0) is 28.4 Å². The summed E-state index contributed by atoms with van der Waals surface area (Å²) in [5.74, 6) is 0. The Kier molecular flexibility index (Phi) is 37.3. The molecular formula is CaO6Si2Zn. The van der Waals surface area contributed by atoms with Crippen molar-refractivity contribution in [3.05, 3.63) is 0 Å². The topological polar surface area (TPSA) is 126 Å². The van der Waals surface area contributed by atoms with Gasteiger partial charge in [-0.25, -0.2) is 0 Å². The normalized spacial score (nSPS) is 4.80. The largest absolute Gasteiger partial charge is 2.00 e. The second-order valence-electron chi connectivity index (χ2n) is 0.500. The van der Waals surface area contributed by atoms with Crippen molar-refractivity contribution in [1.82, 2.24) is 0 Å². The Hall–Kier alpha value is 1.12. The van der Waals surface area contributed by atoms with Gasteiger partial charge in [0.25, 0.3) is 0 Å². The van der Waals surface area contributed by atoms with Crippen LogP contribution in [0.1, 0.15) is 0 Å². The summed E-state index contributed by atoms with van der Waals surface area (Å²) in [7, 11) is -7.26. The molecule has 0 atom stereocenters. The zero-order valence-corrected chi connectivity index (χ0v) is 12.0. The maximum absolute atomic E-state index is 8.52. The second-order valence-corrected chi connectivity index (χ2v) is 1.50. The van der Waals surface area contributed by atoms with E-state index in [0.29, 0.717) is 0 Å². The minimum Gasteiger partial charge on any atom is -0.672 e. The SMILES string of the molecule is O=[Si]([O-])[O-].O=[Si]([O-])[O-].[Ca+2].[Zn+2]. The molecule has 48 valence electrons. The van der Waals surface area contributed by atoms with Gasteiger partial charge in [-0.1, -0.05) is 0 Å². The second kappa shape index (κ2) is 16.6. The van der Waals surface area contributed by atoms with Gasteiger partial charge < -0.3 is 28.1 Å². The molecule has 0 spiro atoms. The predicted octanol–water partition coefficient (Wildman–Crippen LogP) is -6.14. The molecule has 10 heteroatoms. The van der Waals surface area contributed by atoms with Gasteiger partial charge >= 0.3 is 57.2 Å². The average molecular weight is 258 g/mol. The van der Waals surface area contributed by atoms with Crippen LogP contribution in [0.2, 0.25) is 0 Å². The summed E-state index contributed by atoms with van der Waals surface area (Å²) in [4.78, 5) is 34.1. The minimum atomic E-state index is -3.63. The molecule has 0 aromatic heterocycles. The average Bonchev–Trinajstić information content (AvgIpc) is 1.25. The van der Waals surface area contributed by atoms with E-state index < -0.39 is 18.3 Å². The predicted molar refractivity (Wildman–Crippen MR) is 18.6 cm³/mol. The van der Waals surface area contributed by atoms with Crippen LogP contribution in [-0.4, -0.2) is 56.1 Å². The van der Waals surface area contributed by atoms with Gasteiger partial charge in [-0.3, -0.25) is 0 Å². The van der Waals surface area contributed by atoms with Crippen molar-refractivity contribution in [2.45, 2.75) is 0 Å². The van der Waals surface area contributed by atoms with Gasteiger partial charge in [0.1, 0.15) is 0 Å². The van der Waals surface area contributed by atoms with Crippen molar-refractivity contribution in [2.24, 2.45) is 0 Å². The summed E-state index contributed by atoms with van der Waals surface area (Å²) in [5.41, 5.74) is 0. The first-order valence-electron chi connectivity index (χ1n) is 1.22. The summed E-state index contributed by atoms with van der Waals surface area (Å²) in [6.07, 6.45) is 0. The standard InChI is InChI=1S/Ca.2O3Si.Zn/c;2*1-4(2)3;/q+2;2*-2;+2. The molecule has 0 unspecified atom stereocenters. The molecule has 0 fully saturated rings. The summed E-state index contributed by atoms with van der Waals surface area (Å²) < 4.78 is 17.0. The van der Waals surface area contributed by atoms with Crippen molar-refractivity contribution in [3.63, 3.8) is 0 Å². The van der Waals surface area contributed by atoms with Crippen LogP contribution < -0.4 is 19.2 Å². The van der Waals surface area contributed by atoms with E-state index in [-0.39, 0.29) is 57.2 Å². The molecule has 0 N–H and O–H groups in total. The van der Waals surface area contributed by atoms with Gasteiger partial charge in [-0.15, -0.1) is 0 Å². The molecule has 0 aromatic carbocycles. The molecule has 0 aliphatic rings. The van der Waals surface area contributed by atoms with Gasteiger partial charge in [-0.2, -0.15) is 0 Å². The van der Waals surface area contributed by atoms with Crippen LogP contribution in [0.5, 0.6) is 0 Å². The van der Waals surface area contributed by atoms with Gasteiger partial charge in [0.15, 0.2) is 0 Å². The smallest absolute Gasteiger partial charge is 0.672 e.